The van der Waals surface area contributed by atoms with E-state index in [0.717, 1.165) is 37.3 Å². The van der Waals surface area contributed by atoms with Crippen LogP contribution in [-0.2, 0) is 17.9 Å². The predicted octanol–water partition coefficient (Wildman–Crippen LogP) is 4.58. The minimum Gasteiger partial charge on any atom is -0.493 e. The second-order valence-electron chi connectivity index (χ2n) is 5.75. The van der Waals surface area contributed by atoms with E-state index in [0.29, 0.717) is 23.1 Å². The Morgan fingerprint density at radius 3 is 2.58 bits per heavy atom. The van der Waals surface area contributed by atoms with Crippen LogP contribution in [0, 0.1) is 5.82 Å². The number of nitrogens with one attached hydrogen (secondary N) is 1. The molecule has 0 aliphatic heterocycles. The lowest BCUT2D eigenvalue weighted by atomic mass is 10.2. The standard InChI is InChI=1S/C20H25ClFNO3/c1-3-25-10-4-9-23-13-16-11-18(21)20(19(12-16)24-2)26-14-15-5-7-17(22)8-6-15/h5-8,11-12,23H,3-4,9-10,13-14H2,1-2H3. The van der Waals surface area contributed by atoms with Gasteiger partial charge < -0.3 is 19.5 Å². The molecule has 0 fully saturated rings. The van der Waals surface area contributed by atoms with Gasteiger partial charge in [-0.25, -0.2) is 4.39 Å². The minimum absolute atomic E-state index is 0.275. The van der Waals surface area contributed by atoms with Crippen molar-refractivity contribution in [2.45, 2.75) is 26.5 Å². The van der Waals surface area contributed by atoms with Crippen molar-refractivity contribution in [2.24, 2.45) is 0 Å². The normalized spacial score (nSPS) is 10.8. The van der Waals surface area contributed by atoms with Crippen LogP contribution in [0.3, 0.4) is 0 Å². The molecule has 0 bridgehead atoms. The maximum Gasteiger partial charge on any atom is 0.180 e. The lowest BCUT2D eigenvalue weighted by molar-refractivity contribution is 0.144. The largest absolute Gasteiger partial charge is 0.493 e. The number of halogens is 2. The molecule has 0 radical (unpaired) electrons. The number of hydrogen-bond acceptors (Lipinski definition) is 4. The van der Waals surface area contributed by atoms with Gasteiger partial charge in [0.05, 0.1) is 12.1 Å². The van der Waals surface area contributed by atoms with E-state index in [1.165, 1.54) is 12.1 Å². The zero-order valence-corrected chi connectivity index (χ0v) is 15.9. The molecule has 0 aliphatic carbocycles. The van der Waals surface area contributed by atoms with E-state index in [4.69, 9.17) is 25.8 Å². The lowest BCUT2D eigenvalue weighted by Gasteiger charge is -2.15. The summed E-state index contributed by atoms with van der Waals surface area (Å²) in [5.74, 6) is 0.784. The average Bonchev–Trinajstić information content (AvgIpc) is 2.64. The smallest absolute Gasteiger partial charge is 0.180 e. The van der Waals surface area contributed by atoms with Crippen molar-refractivity contribution in [2.75, 3.05) is 26.9 Å². The molecule has 2 aromatic carbocycles. The van der Waals surface area contributed by atoms with E-state index in [1.807, 2.05) is 19.1 Å². The third kappa shape index (κ3) is 6.48. The monoisotopic (exact) mass is 381 g/mol. The summed E-state index contributed by atoms with van der Waals surface area (Å²) in [5, 5.41) is 3.84. The summed E-state index contributed by atoms with van der Waals surface area (Å²) in [4.78, 5) is 0. The van der Waals surface area contributed by atoms with Crippen LogP contribution < -0.4 is 14.8 Å². The third-order valence-electron chi connectivity index (χ3n) is 3.76. The van der Waals surface area contributed by atoms with E-state index >= 15 is 0 Å². The summed E-state index contributed by atoms with van der Waals surface area (Å²) in [5.41, 5.74) is 1.86. The Labute approximate surface area is 159 Å². The van der Waals surface area contributed by atoms with Gasteiger partial charge in [-0.05, 0) is 55.3 Å². The van der Waals surface area contributed by atoms with Gasteiger partial charge in [-0.15, -0.1) is 0 Å². The fourth-order valence-electron chi connectivity index (χ4n) is 2.43. The first-order valence-electron chi connectivity index (χ1n) is 8.66. The molecule has 0 saturated heterocycles. The van der Waals surface area contributed by atoms with E-state index in [2.05, 4.69) is 5.32 Å². The number of benzene rings is 2. The molecule has 0 aromatic heterocycles. The van der Waals surface area contributed by atoms with Crippen LogP contribution >= 0.6 is 11.6 Å². The van der Waals surface area contributed by atoms with Gasteiger partial charge in [0.2, 0.25) is 0 Å². The molecule has 2 rings (SSSR count). The highest BCUT2D eigenvalue weighted by molar-refractivity contribution is 6.32. The van der Waals surface area contributed by atoms with Crippen molar-refractivity contribution >= 4 is 11.6 Å². The lowest BCUT2D eigenvalue weighted by Crippen LogP contribution is -2.16. The number of hydrogen-bond donors (Lipinski definition) is 1. The molecule has 4 nitrogen and oxygen atoms in total. The van der Waals surface area contributed by atoms with Gasteiger partial charge in [-0.2, -0.15) is 0 Å². The van der Waals surface area contributed by atoms with E-state index in [9.17, 15) is 4.39 Å². The van der Waals surface area contributed by atoms with Crippen LogP contribution in [0.15, 0.2) is 36.4 Å². The Kier molecular flexibility index (Phi) is 8.68. The van der Waals surface area contributed by atoms with Gasteiger partial charge in [-0.3, -0.25) is 0 Å². The van der Waals surface area contributed by atoms with Gasteiger partial charge in [0, 0.05) is 19.8 Å². The molecule has 0 heterocycles. The molecule has 0 unspecified atom stereocenters. The van der Waals surface area contributed by atoms with E-state index in [-0.39, 0.29) is 12.4 Å². The number of methoxy groups -OCH3 is 1. The van der Waals surface area contributed by atoms with Crippen molar-refractivity contribution in [3.05, 3.63) is 58.4 Å². The summed E-state index contributed by atoms with van der Waals surface area (Å²) in [7, 11) is 1.58. The van der Waals surface area contributed by atoms with Crippen LogP contribution in [0.2, 0.25) is 5.02 Å². The van der Waals surface area contributed by atoms with Crippen LogP contribution in [0.1, 0.15) is 24.5 Å². The second-order valence-corrected chi connectivity index (χ2v) is 6.16. The molecule has 0 atom stereocenters. The Bertz CT molecular complexity index is 680. The summed E-state index contributed by atoms with van der Waals surface area (Å²) in [6.07, 6.45) is 0.956. The molecule has 2 aromatic rings. The second kappa shape index (κ2) is 11.0. The Hall–Kier alpha value is -1.82. The van der Waals surface area contributed by atoms with E-state index < -0.39 is 0 Å². The van der Waals surface area contributed by atoms with Gasteiger partial charge >= 0.3 is 0 Å². The molecule has 0 aliphatic rings. The highest BCUT2D eigenvalue weighted by Gasteiger charge is 2.12. The maximum absolute atomic E-state index is 13.0. The SMILES string of the molecule is CCOCCCNCc1cc(Cl)c(OCc2ccc(F)cc2)c(OC)c1. The molecule has 0 amide bonds. The minimum atomic E-state index is -0.275. The zero-order chi connectivity index (χ0) is 18.8. The molecule has 1 N–H and O–H groups in total. The topological polar surface area (TPSA) is 39.7 Å². The zero-order valence-electron chi connectivity index (χ0n) is 15.2. The van der Waals surface area contributed by atoms with Gasteiger partial charge in [0.25, 0.3) is 0 Å². The van der Waals surface area contributed by atoms with Crippen molar-refractivity contribution in [1.82, 2.24) is 5.32 Å². The summed E-state index contributed by atoms with van der Waals surface area (Å²) in [6, 6.07) is 9.92. The van der Waals surface area contributed by atoms with E-state index in [1.54, 1.807) is 19.2 Å². The molecule has 6 heteroatoms. The third-order valence-corrected chi connectivity index (χ3v) is 4.04. The summed E-state index contributed by atoms with van der Waals surface area (Å²) >= 11 is 6.37. The van der Waals surface area contributed by atoms with Crippen molar-refractivity contribution in [1.29, 1.82) is 0 Å². The van der Waals surface area contributed by atoms with Crippen LogP contribution in [-0.4, -0.2) is 26.9 Å². The first kappa shape index (κ1) is 20.5. The molecular formula is C20H25ClFNO3. The number of ether oxygens (including phenoxy) is 3. The van der Waals surface area contributed by atoms with Gasteiger partial charge in [-0.1, -0.05) is 23.7 Å². The van der Waals surface area contributed by atoms with Crippen LogP contribution in [0.25, 0.3) is 0 Å². The van der Waals surface area contributed by atoms with Crippen molar-refractivity contribution in [3.8, 4) is 11.5 Å². The van der Waals surface area contributed by atoms with Crippen molar-refractivity contribution in [3.63, 3.8) is 0 Å². The number of rotatable bonds is 11. The highest BCUT2D eigenvalue weighted by atomic mass is 35.5. The Morgan fingerprint density at radius 2 is 1.88 bits per heavy atom. The Balaban J connectivity index is 1.94. The first-order chi connectivity index (χ1) is 12.6. The quantitative estimate of drug-likeness (QED) is 0.578. The fraction of sp³-hybridized carbons (Fsp3) is 0.400. The first-order valence-corrected chi connectivity index (χ1v) is 9.04. The summed E-state index contributed by atoms with van der Waals surface area (Å²) in [6.45, 7) is 5.31. The van der Waals surface area contributed by atoms with Crippen LogP contribution in [0.5, 0.6) is 11.5 Å². The van der Waals surface area contributed by atoms with Gasteiger partial charge in [0.15, 0.2) is 11.5 Å². The molecular weight excluding hydrogens is 357 g/mol. The Morgan fingerprint density at radius 1 is 1.12 bits per heavy atom. The molecule has 0 spiro atoms. The maximum atomic E-state index is 13.0. The van der Waals surface area contributed by atoms with Crippen molar-refractivity contribution < 1.29 is 18.6 Å². The van der Waals surface area contributed by atoms with Crippen LogP contribution in [0.4, 0.5) is 4.39 Å². The molecule has 142 valence electrons. The molecule has 0 saturated carbocycles. The van der Waals surface area contributed by atoms with Gasteiger partial charge in [0.1, 0.15) is 12.4 Å². The highest BCUT2D eigenvalue weighted by Crippen LogP contribution is 2.37. The fourth-order valence-corrected chi connectivity index (χ4v) is 2.72. The predicted molar refractivity (Wildman–Crippen MR) is 102 cm³/mol. The average molecular weight is 382 g/mol. The summed E-state index contributed by atoms with van der Waals surface area (Å²) < 4.78 is 29.5. The molecule has 26 heavy (non-hydrogen) atoms.